The zero-order chi connectivity index (χ0) is 13.1. The molecule has 100 valence electrons. The first-order valence-electron chi connectivity index (χ1n) is 6.34. The molecule has 1 aromatic carbocycles. The zero-order valence-electron chi connectivity index (χ0n) is 10.5. The van der Waals surface area contributed by atoms with Crippen molar-refractivity contribution in [1.82, 2.24) is 4.90 Å². The summed E-state index contributed by atoms with van der Waals surface area (Å²) in [5, 5.41) is 3.29. The van der Waals surface area contributed by atoms with E-state index in [9.17, 15) is 4.39 Å². The number of nitrogens with zero attached hydrogens (tertiary/aromatic N) is 1. The van der Waals surface area contributed by atoms with Gasteiger partial charge in [-0.2, -0.15) is 0 Å². The number of nitrogens with one attached hydrogen (secondary N) is 1. The Morgan fingerprint density at radius 3 is 3.06 bits per heavy atom. The SMILES string of the molecule is CCN1CCCC1CNc1cc(F)c(Cl)cc1N. The third-order valence-electron chi connectivity index (χ3n) is 3.53. The van der Waals surface area contributed by atoms with Gasteiger partial charge in [-0.1, -0.05) is 18.5 Å². The van der Waals surface area contributed by atoms with Crippen LogP contribution in [0.3, 0.4) is 0 Å². The summed E-state index contributed by atoms with van der Waals surface area (Å²) in [6.45, 7) is 5.15. The lowest BCUT2D eigenvalue weighted by molar-refractivity contribution is 0.277. The molecule has 1 aromatic rings. The van der Waals surface area contributed by atoms with Gasteiger partial charge in [0.05, 0.1) is 16.4 Å². The van der Waals surface area contributed by atoms with Crippen LogP contribution in [0, 0.1) is 5.82 Å². The van der Waals surface area contributed by atoms with Crippen molar-refractivity contribution in [2.45, 2.75) is 25.8 Å². The molecule has 0 saturated carbocycles. The first kappa shape index (κ1) is 13.4. The number of hydrogen-bond donors (Lipinski definition) is 2. The van der Waals surface area contributed by atoms with Gasteiger partial charge in [0.15, 0.2) is 0 Å². The summed E-state index contributed by atoms with van der Waals surface area (Å²) in [4.78, 5) is 2.43. The fourth-order valence-corrected chi connectivity index (χ4v) is 2.66. The van der Waals surface area contributed by atoms with Crippen LogP contribution in [0.4, 0.5) is 15.8 Å². The van der Waals surface area contributed by atoms with Crippen LogP contribution in [0.2, 0.25) is 5.02 Å². The Morgan fingerprint density at radius 1 is 1.56 bits per heavy atom. The van der Waals surface area contributed by atoms with E-state index >= 15 is 0 Å². The molecule has 1 aliphatic rings. The van der Waals surface area contributed by atoms with Gasteiger partial charge in [-0.05, 0) is 32.0 Å². The summed E-state index contributed by atoms with van der Waals surface area (Å²) in [6, 6.07) is 3.32. The van der Waals surface area contributed by atoms with Gasteiger partial charge in [-0.15, -0.1) is 0 Å². The number of nitrogens with two attached hydrogens (primary N) is 1. The minimum atomic E-state index is -0.438. The number of likely N-dealkylation sites (N-methyl/N-ethyl adjacent to an activating group) is 1. The van der Waals surface area contributed by atoms with E-state index in [0.29, 0.717) is 17.4 Å². The number of rotatable bonds is 4. The predicted molar refractivity (Wildman–Crippen MR) is 74.6 cm³/mol. The molecule has 1 heterocycles. The van der Waals surface area contributed by atoms with Gasteiger partial charge >= 0.3 is 0 Å². The fraction of sp³-hybridized carbons (Fsp3) is 0.538. The van der Waals surface area contributed by atoms with Gasteiger partial charge < -0.3 is 11.1 Å². The second-order valence-electron chi connectivity index (χ2n) is 4.66. The Kier molecular flexibility index (Phi) is 4.30. The number of anilines is 2. The van der Waals surface area contributed by atoms with Crippen LogP contribution in [-0.2, 0) is 0 Å². The van der Waals surface area contributed by atoms with Gasteiger partial charge in [0.25, 0.3) is 0 Å². The Morgan fingerprint density at radius 2 is 2.33 bits per heavy atom. The van der Waals surface area contributed by atoms with Crippen molar-refractivity contribution in [3.05, 3.63) is 23.0 Å². The van der Waals surface area contributed by atoms with Crippen LogP contribution in [0.5, 0.6) is 0 Å². The quantitative estimate of drug-likeness (QED) is 0.828. The highest BCUT2D eigenvalue weighted by Crippen LogP contribution is 2.26. The maximum Gasteiger partial charge on any atom is 0.143 e. The lowest BCUT2D eigenvalue weighted by Crippen LogP contribution is -2.34. The fourth-order valence-electron chi connectivity index (χ4n) is 2.49. The standard InChI is InChI=1S/C13H19ClFN3/c1-2-18-5-3-4-9(18)8-17-13-7-11(15)10(14)6-12(13)16/h6-7,9,17H,2-5,8,16H2,1H3. The minimum absolute atomic E-state index is 0.0640. The highest BCUT2D eigenvalue weighted by molar-refractivity contribution is 6.31. The van der Waals surface area contributed by atoms with Gasteiger partial charge in [0.1, 0.15) is 5.82 Å². The highest BCUT2D eigenvalue weighted by Gasteiger charge is 2.22. The Hall–Kier alpha value is -1.00. The number of likely N-dealkylation sites (tertiary alicyclic amines) is 1. The van der Waals surface area contributed by atoms with E-state index < -0.39 is 5.82 Å². The smallest absolute Gasteiger partial charge is 0.143 e. The third-order valence-corrected chi connectivity index (χ3v) is 3.82. The van der Waals surface area contributed by atoms with E-state index in [2.05, 4.69) is 17.1 Å². The summed E-state index contributed by atoms with van der Waals surface area (Å²) in [5.41, 5.74) is 6.93. The van der Waals surface area contributed by atoms with E-state index in [1.807, 2.05) is 0 Å². The van der Waals surface area contributed by atoms with E-state index in [1.54, 1.807) is 0 Å². The molecule has 1 aliphatic heterocycles. The number of nitrogen functional groups attached to an aromatic ring is 1. The lowest BCUT2D eigenvalue weighted by atomic mass is 10.2. The summed E-state index contributed by atoms with van der Waals surface area (Å²) in [6.07, 6.45) is 2.40. The molecule has 0 bridgehead atoms. The van der Waals surface area contributed by atoms with Crippen molar-refractivity contribution in [3.63, 3.8) is 0 Å². The lowest BCUT2D eigenvalue weighted by Gasteiger charge is -2.23. The summed E-state index contributed by atoms with van der Waals surface area (Å²) < 4.78 is 13.4. The molecule has 1 saturated heterocycles. The van der Waals surface area contributed by atoms with Crippen LogP contribution < -0.4 is 11.1 Å². The zero-order valence-corrected chi connectivity index (χ0v) is 11.3. The van der Waals surface area contributed by atoms with Crippen molar-refractivity contribution in [1.29, 1.82) is 0 Å². The van der Waals surface area contributed by atoms with Gasteiger partial charge in [0, 0.05) is 18.7 Å². The molecular weight excluding hydrogens is 253 g/mol. The van der Waals surface area contributed by atoms with Crippen LogP contribution in [0.15, 0.2) is 12.1 Å². The van der Waals surface area contributed by atoms with Crippen molar-refractivity contribution in [3.8, 4) is 0 Å². The van der Waals surface area contributed by atoms with Gasteiger partial charge in [-0.25, -0.2) is 4.39 Å². The molecule has 1 atom stereocenters. The summed E-state index contributed by atoms with van der Waals surface area (Å²) >= 11 is 5.67. The highest BCUT2D eigenvalue weighted by atomic mass is 35.5. The molecular formula is C13H19ClFN3. The Labute approximate surface area is 112 Å². The average Bonchev–Trinajstić information content (AvgIpc) is 2.79. The first-order chi connectivity index (χ1) is 8.61. The van der Waals surface area contributed by atoms with E-state index in [4.69, 9.17) is 17.3 Å². The molecule has 3 N–H and O–H groups in total. The maximum absolute atomic E-state index is 13.4. The van der Waals surface area contributed by atoms with Gasteiger partial charge in [0.2, 0.25) is 0 Å². The topological polar surface area (TPSA) is 41.3 Å². The monoisotopic (exact) mass is 271 g/mol. The molecule has 0 radical (unpaired) electrons. The number of halogens is 2. The first-order valence-corrected chi connectivity index (χ1v) is 6.72. The summed E-state index contributed by atoms with van der Waals surface area (Å²) in [5.74, 6) is -0.438. The second kappa shape index (κ2) is 5.76. The molecule has 0 spiro atoms. The molecule has 1 unspecified atom stereocenters. The molecule has 18 heavy (non-hydrogen) atoms. The molecule has 2 rings (SSSR count). The molecule has 0 amide bonds. The third kappa shape index (κ3) is 2.87. The van der Waals surface area contributed by atoms with Crippen LogP contribution in [0.1, 0.15) is 19.8 Å². The minimum Gasteiger partial charge on any atom is -0.397 e. The molecule has 5 heteroatoms. The molecule has 0 aliphatic carbocycles. The summed E-state index contributed by atoms with van der Waals surface area (Å²) in [7, 11) is 0. The van der Waals surface area contributed by atoms with Crippen LogP contribution >= 0.6 is 11.6 Å². The molecule has 3 nitrogen and oxygen atoms in total. The van der Waals surface area contributed by atoms with Crippen LogP contribution in [-0.4, -0.2) is 30.6 Å². The Bertz CT molecular complexity index is 425. The normalized spacial score (nSPS) is 20.3. The van der Waals surface area contributed by atoms with Crippen molar-refractivity contribution < 1.29 is 4.39 Å². The molecule has 0 aromatic heterocycles. The Balaban J connectivity index is 2.00. The van der Waals surface area contributed by atoms with Crippen molar-refractivity contribution in [2.75, 3.05) is 30.7 Å². The second-order valence-corrected chi connectivity index (χ2v) is 5.07. The maximum atomic E-state index is 13.4. The largest absolute Gasteiger partial charge is 0.397 e. The van der Waals surface area contributed by atoms with E-state index in [1.165, 1.54) is 25.0 Å². The van der Waals surface area contributed by atoms with Crippen molar-refractivity contribution in [2.24, 2.45) is 0 Å². The molecule has 1 fully saturated rings. The van der Waals surface area contributed by atoms with E-state index in [0.717, 1.165) is 19.6 Å². The predicted octanol–water partition coefficient (Wildman–Crippen LogP) is 2.96. The number of hydrogen-bond acceptors (Lipinski definition) is 3. The van der Waals surface area contributed by atoms with Gasteiger partial charge in [-0.3, -0.25) is 4.90 Å². The van der Waals surface area contributed by atoms with Crippen molar-refractivity contribution >= 4 is 23.0 Å². The average molecular weight is 272 g/mol. The number of benzene rings is 1. The van der Waals surface area contributed by atoms with Crippen LogP contribution in [0.25, 0.3) is 0 Å². The van der Waals surface area contributed by atoms with E-state index in [-0.39, 0.29) is 5.02 Å².